The van der Waals surface area contributed by atoms with Crippen molar-refractivity contribution in [2.45, 2.75) is 0 Å². The average Bonchev–Trinajstić information content (AvgIpc) is 2.03. The van der Waals surface area contributed by atoms with Crippen LogP contribution in [0.4, 0.5) is 0 Å². The van der Waals surface area contributed by atoms with E-state index in [9.17, 15) is 0 Å². The summed E-state index contributed by atoms with van der Waals surface area (Å²) in [4.78, 5) is 0. The van der Waals surface area contributed by atoms with Crippen molar-refractivity contribution in [3.8, 4) is 11.8 Å². The van der Waals surface area contributed by atoms with Gasteiger partial charge in [0, 0.05) is 6.66 Å². The lowest BCUT2D eigenvalue weighted by Crippen LogP contribution is -1.84. The standard InChI is InChI=1S/C8H7ClNOPS/c1-12(9,13)11-8-4-2-7(6-10)3-5-8/h2-5H,1H3. The lowest BCUT2D eigenvalue weighted by molar-refractivity contribution is 0.629. The molecule has 1 aromatic rings. The molecule has 0 fully saturated rings. The van der Waals surface area contributed by atoms with Crippen LogP contribution in [0.1, 0.15) is 5.56 Å². The molecule has 0 bridgehead atoms. The molecule has 0 radical (unpaired) electrons. The molecular weight excluding hydrogens is 225 g/mol. The third kappa shape index (κ3) is 3.78. The van der Waals surface area contributed by atoms with Gasteiger partial charge in [0.2, 0.25) is 0 Å². The second-order valence-electron chi connectivity index (χ2n) is 2.47. The van der Waals surface area contributed by atoms with Crippen LogP contribution in [0, 0.1) is 11.3 Å². The van der Waals surface area contributed by atoms with Gasteiger partial charge in [0.05, 0.1) is 11.6 Å². The minimum atomic E-state index is -2.19. The zero-order valence-electron chi connectivity index (χ0n) is 6.90. The fourth-order valence-corrected chi connectivity index (χ4v) is 1.77. The summed E-state index contributed by atoms with van der Waals surface area (Å²) in [6.45, 7) is 1.68. The molecule has 0 spiro atoms. The Bertz CT molecular complexity index is 378. The van der Waals surface area contributed by atoms with Gasteiger partial charge in [0.25, 0.3) is 0 Å². The van der Waals surface area contributed by atoms with Crippen molar-refractivity contribution in [1.29, 1.82) is 5.26 Å². The summed E-state index contributed by atoms with van der Waals surface area (Å²) in [6.07, 6.45) is 0. The molecule has 0 saturated heterocycles. The molecule has 0 aliphatic rings. The Labute approximate surface area is 87.0 Å². The van der Waals surface area contributed by atoms with Crippen LogP contribution in [-0.2, 0) is 11.8 Å². The lowest BCUT2D eigenvalue weighted by atomic mass is 10.2. The van der Waals surface area contributed by atoms with Crippen LogP contribution in [-0.4, -0.2) is 6.66 Å². The molecule has 0 heterocycles. The predicted molar refractivity (Wildman–Crippen MR) is 57.8 cm³/mol. The van der Waals surface area contributed by atoms with Gasteiger partial charge < -0.3 is 4.52 Å². The topological polar surface area (TPSA) is 33.0 Å². The number of benzene rings is 1. The van der Waals surface area contributed by atoms with Crippen molar-refractivity contribution in [3.63, 3.8) is 0 Å². The maximum absolute atomic E-state index is 8.53. The number of hydrogen-bond donors (Lipinski definition) is 0. The van der Waals surface area contributed by atoms with Crippen LogP contribution in [0.5, 0.6) is 5.75 Å². The maximum Gasteiger partial charge on any atom is 0.196 e. The molecular formula is C8H7ClNOPS. The second kappa shape index (κ2) is 4.11. The largest absolute Gasteiger partial charge is 0.453 e. The highest BCUT2D eigenvalue weighted by Gasteiger charge is 2.06. The molecule has 0 aliphatic heterocycles. The van der Waals surface area contributed by atoms with Crippen molar-refractivity contribution >= 4 is 28.7 Å². The van der Waals surface area contributed by atoms with E-state index < -0.39 is 5.62 Å². The fourth-order valence-electron chi connectivity index (χ4n) is 0.779. The molecule has 0 aromatic heterocycles. The smallest absolute Gasteiger partial charge is 0.196 e. The van der Waals surface area contributed by atoms with Crippen LogP contribution >= 0.6 is 16.9 Å². The second-order valence-corrected chi connectivity index (χ2v) is 8.78. The first-order valence-electron chi connectivity index (χ1n) is 3.48. The Hall–Kier alpha value is -0.550. The van der Waals surface area contributed by atoms with Crippen LogP contribution in [0.3, 0.4) is 0 Å². The van der Waals surface area contributed by atoms with Gasteiger partial charge in [-0.05, 0) is 47.3 Å². The highest BCUT2D eigenvalue weighted by atomic mass is 35.7. The van der Waals surface area contributed by atoms with Crippen LogP contribution < -0.4 is 4.52 Å². The first-order valence-corrected chi connectivity index (χ1v) is 7.55. The molecule has 13 heavy (non-hydrogen) atoms. The number of nitriles is 1. The summed E-state index contributed by atoms with van der Waals surface area (Å²) >= 11 is 10.7. The minimum absolute atomic E-state index is 0.589. The van der Waals surface area contributed by atoms with Gasteiger partial charge in [-0.3, -0.25) is 0 Å². The van der Waals surface area contributed by atoms with Crippen LogP contribution in [0.2, 0.25) is 0 Å². The molecule has 1 unspecified atom stereocenters. The van der Waals surface area contributed by atoms with Gasteiger partial charge in [-0.1, -0.05) is 0 Å². The van der Waals surface area contributed by atoms with E-state index in [1.165, 1.54) is 0 Å². The van der Waals surface area contributed by atoms with E-state index >= 15 is 0 Å². The fraction of sp³-hybridized carbons (Fsp3) is 0.125. The Morgan fingerprint density at radius 2 is 2.00 bits per heavy atom. The van der Waals surface area contributed by atoms with E-state index in [-0.39, 0.29) is 0 Å². The van der Waals surface area contributed by atoms with Gasteiger partial charge in [0.15, 0.2) is 5.62 Å². The highest BCUT2D eigenvalue weighted by molar-refractivity contribution is 8.24. The first-order chi connectivity index (χ1) is 6.01. The normalized spacial score (nSPS) is 14.2. The van der Waals surface area contributed by atoms with E-state index in [4.69, 9.17) is 32.8 Å². The third-order valence-electron chi connectivity index (χ3n) is 1.25. The highest BCUT2D eigenvalue weighted by Crippen LogP contribution is 2.48. The SMILES string of the molecule is CP(=S)(Cl)Oc1ccc(C#N)cc1. The molecule has 68 valence electrons. The summed E-state index contributed by atoms with van der Waals surface area (Å²) in [5, 5.41) is 8.53. The van der Waals surface area contributed by atoms with E-state index in [1.54, 1.807) is 30.9 Å². The lowest BCUT2D eigenvalue weighted by Gasteiger charge is -2.10. The molecule has 0 N–H and O–H groups in total. The summed E-state index contributed by atoms with van der Waals surface area (Å²) in [7, 11) is 0. The van der Waals surface area contributed by atoms with Gasteiger partial charge in [-0.2, -0.15) is 5.26 Å². The quantitative estimate of drug-likeness (QED) is 0.734. The van der Waals surface area contributed by atoms with Crippen molar-refractivity contribution in [1.82, 2.24) is 0 Å². The molecule has 1 aromatic carbocycles. The van der Waals surface area contributed by atoms with Gasteiger partial charge in [-0.25, -0.2) is 0 Å². The summed E-state index contributed by atoms with van der Waals surface area (Å²) < 4.78 is 5.28. The number of halogens is 1. The van der Waals surface area contributed by atoms with E-state index in [2.05, 4.69) is 0 Å². The zero-order chi connectivity index (χ0) is 9.90. The minimum Gasteiger partial charge on any atom is -0.453 e. The number of rotatable bonds is 2. The van der Waals surface area contributed by atoms with Crippen LogP contribution in [0.25, 0.3) is 0 Å². The number of nitrogens with zero attached hydrogens (tertiary/aromatic N) is 1. The van der Waals surface area contributed by atoms with Gasteiger partial charge >= 0.3 is 0 Å². The van der Waals surface area contributed by atoms with Crippen molar-refractivity contribution in [2.24, 2.45) is 0 Å². The summed E-state index contributed by atoms with van der Waals surface area (Å²) in [5.74, 6) is 0.611. The molecule has 1 rings (SSSR count). The van der Waals surface area contributed by atoms with E-state index in [0.29, 0.717) is 11.3 Å². The molecule has 0 amide bonds. The molecule has 2 nitrogen and oxygen atoms in total. The Balaban J connectivity index is 2.83. The van der Waals surface area contributed by atoms with E-state index in [1.807, 2.05) is 6.07 Å². The Morgan fingerprint density at radius 3 is 2.38 bits per heavy atom. The monoisotopic (exact) mass is 231 g/mol. The molecule has 0 saturated carbocycles. The van der Waals surface area contributed by atoms with Crippen LogP contribution in [0.15, 0.2) is 24.3 Å². The predicted octanol–water partition coefficient (Wildman–Crippen LogP) is 3.12. The number of hydrogen-bond acceptors (Lipinski definition) is 3. The van der Waals surface area contributed by atoms with Gasteiger partial charge in [-0.15, -0.1) is 0 Å². The third-order valence-corrected chi connectivity index (χ3v) is 2.22. The molecule has 0 aliphatic carbocycles. The van der Waals surface area contributed by atoms with E-state index in [0.717, 1.165) is 0 Å². The summed E-state index contributed by atoms with van der Waals surface area (Å²) in [6, 6.07) is 8.71. The van der Waals surface area contributed by atoms with Gasteiger partial charge in [0.1, 0.15) is 5.75 Å². The average molecular weight is 232 g/mol. The first kappa shape index (κ1) is 10.5. The van der Waals surface area contributed by atoms with Crippen molar-refractivity contribution < 1.29 is 4.52 Å². The Kier molecular flexibility index (Phi) is 3.33. The zero-order valence-corrected chi connectivity index (χ0v) is 9.37. The van der Waals surface area contributed by atoms with Crippen molar-refractivity contribution in [2.75, 3.05) is 6.66 Å². The van der Waals surface area contributed by atoms with Crippen molar-refractivity contribution in [3.05, 3.63) is 29.8 Å². The molecule has 1 atom stereocenters. The Morgan fingerprint density at radius 1 is 1.46 bits per heavy atom. The summed E-state index contributed by atoms with van der Waals surface area (Å²) in [5.41, 5.74) is -1.60. The maximum atomic E-state index is 8.53. The molecule has 5 heteroatoms.